The molecule has 25 heavy (non-hydrogen) atoms. The van der Waals surface area contributed by atoms with Crippen LogP contribution >= 0.6 is 11.8 Å². The number of aromatic nitrogens is 2. The highest BCUT2D eigenvalue weighted by Gasteiger charge is 2.22. The molecular formula is C19H22N4OS. The van der Waals surface area contributed by atoms with Gasteiger partial charge in [0.25, 0.3) is 0 Å². The summed E-state index contributed by atoms with van der Waals surface area (Å²) in [6.07, 6.45) is 7.16. The average molecular weight is 354 g/mol. The van der Waals surface area contributed by atoms with E-state index < -0.39 is 0 Å². The molecule has 2 aromatic rings. The molecule has 0 bridgehead atoms. The van der Waals surface area contributed by atoms with Gasteiger partial charge < -0.3 is 9.80 Å². The molecule has 6 heteroatoms. The molecule has 5 nitrogen and oxygen atoms in total. The predicted octanol–water partition coefficient (Wildman–Crippen LogP) is 2.41. The number of fused-ring (bicyclic) bond motifs is 1. The average Bonchev–Trinajstić information content (AvgIpc) is 3.15. The van der Waals surface area contributed by atoms with E-state index in [0.717, 1.165) is 32.1 Å². The summed E-state index contributed by atoms with van der Waals surface area (Å²) < 4.78 is 0. The van der Waals surface area contributed by atoms with Gasteiger partial charge in [-0.2, -0.15) is 0 Å². The van der Waals surface area contributed by atoms with Crippen molar-refractivity contribution in [1.29, 1.82) is 0 Å². The van der Waals surface area contributed by atoms with Gasteiger partial charge in [0.1, 0.15) is 0 Å². The Labute approximate surface area is 152 Å². The molecule has 2 aliphatic rings. The Balaban J connectivity index is 1.28. The van der Waals surface area contributed by atoms with Gasteiger partial charge in [-0.15, -0.1) is 11.8 Å². The quantitative estimate of drug-likeness (QED) is 0.789. The number of carbonyl (C=O) groups excluding carboxylic acids is 1. The Kier molecular flexibility index (Phi) is 4.88. The number of hydrogen-bond donors (Lipinski definition) is 0. The van der Waals surface area contributed by atoms with Crippen molar-refractivity contribution in [3.63, 3.8) is 0 Å². The van der Waals surface area contributed by atoms with Crippen molar-refractivity contribution in [2.45, 2.75) is 24.2 Å². The summed E-state index contributed by atoms with van der Waals surface area (Å²) in [5.41, 5.74) is 2.95. The number of anilines is 1. The molecule has 1 aromatic heterocycles. The van der Waals surface area contributed by atoms with E-state index >= 15 is 0 Å². The van der Waals surface area contributed by atoms with Crippen LogP contribution in [0.5, 0.6) is 0 Å². The van der Waals surface area contributed by atoms with Crippen molar-refractivity contribution in [3.05, 3.63) is 47.8 Å². The fourth-order valence-corrected chi connectivity index (χ4v) is 4.35. The van der Waals surface area contributed by atoms with Gasteiger partial charge in [-0.05, 0) is 48.6 Å². The first-order valence-electron chi connectivity index (χ1n) is 8.84. The zero-order valence-corrected chi connectivity index (χ0v) is 15.0. The monoisotopic (exact) mass is 354 g/mol. The lowest BCUT2D eigenvalue weighted by Gasteiger charge is -2.34. The second-order valence-corrected chi connectivity index (χ2v) is 7.54. The summed E-state index contributed by atoms with van der Waals surface area (Å²) in [6, 6.07) is 8.48. The lowest BCUT2D eigenvalue weighted by Crippen LogP contribution is -2.49. The minimum absolute atomic E-state index is 0.221. The number of thioether (sulfide) groups is 1. The molecule has 2 heterocycles. The molecule has 1 aromatic carbocycles. The van der Waals surface area contributed by atoms with E-state index in [2.05, 4.69) is 33.1 Å². The van der Waals surface area contributed by atoms with Gasteiger partial charge in [-0.1, -0.05) is 6.07 Å². The molecule has 1 fully saturated rings. The SMILES string of the molecule is O=C(CSc1ccc2c(c1)CCC2)N1CCN(c2ncccn2)CC1. The highest BCUT2D eigenvalue weighted by Crippen LogP contribution is 2.27. The van der Waals surface area contributed by atoms with E-state index in [1.54, 1.807) is 24.2 Å². The topological polar surface area (TPSA) is 49.3 Å². The van der Waals surface area contributed by atoms with Crippen LogP contribution in [-0.2, 0) is 17.6 Å². The maximum atomic E-state index is 12.5. The first-order valence-corrected chi connectivity index (χ1v) is 9.82. The van der Waals surface area contributed by atoms with Crippen LogP contribution in [0.4, 0.5) is 5.95 Å². The maximum Gasteiger partial charge on any atom is 0.233 e. The smallest absolute Gasteiger partial charge is 0.233 e. The van der Waals surface area contributed by atoms with E-state index in [9.17, 15) is 4.79 Å². The van der Waals surface area contributed by atoms with E-state index in [1.165, 1.54) is 35.3 Å². The summed E-state index contributed by atoms with van der Waals surface area (Å²) in [5.74, 6) is 1.49. The highest BCUT2D eigenvalue weighted by molar-refractivity contribution is 8.00. The molecule has 0 N–H and O–H groups in total. The normalized spacial score (nSPS) is 16.8. The molecule has 130 valence electrons. The van der Waals surface area contributed by atoms with Gasteiger partial charge in [0.15, 0.2) is 0 Å². The predicted molar refractivity (Wildman–Crippen MR) is 100 cm³/mol. The van der Waals surface area contributed by atoms with Crippen LogP contribution in [0.3, 0.4) is 0 Å². The fraction of sp³-hybridized carbons (Fsp3) is 0.421. The number of benzene rings is 1. The number of aryl methyl sites for hydroxylation is 2. The van der Waals surface area contributed by atoms with Crippen molar-refractivity contribution in [1.82, 2.24) is 14.9 Å². The van der Waals surface area contributed by atoms with E-state index in [-0.39, 0.29) is 5.91 Å². The Morgan fingerprint density at radius 1 is 1.04 bits per heavy atom. The third-order valence-corrected chi connectivity index (χ3v) is 5.88. The number of piperazine rings is 1. The van der Waals surface area contributed by atoms with E-state index in [0.29, 0.717) is 5.75 Å². The fourth-order valence-electron chi connectivity index (χ4n) is 3.48. The Morgan fingerprint density at radius 3 is 2.60 bits per heavy atom. The Hall–Kier alpha value is -2.08. The molecule has 0 atom stereocenters. The zero-order chi connectivity index (χ0) is 17.1. The summed E-state index contributed by atoms with van der Waals surface area (Å²) in [6.45, 7) is 3.06. The standard InChI is InChI=1S/C19H22N4OS/c24-18(14-25-17-6-5-15-3-1-4-16(15)13-17)22-9-11-23(12-10-22)19-20-7-2-8-21-19/h2,5-8,13H,1,3-4,9-12,14H2. The van der Waals surface area contributed by atoms with E-state index in [4.69, 9.17) is 0 Å². The number of rotatable bonds is 4. The third kappa shape index (κ3) is 3.79. The molecule has 1 aliphatic heterocycles. The van der Waals surface area contributed by atoms with Crippen molar-refractivity contribution in [2.24, 2.45) is 0 Å². The number of amides is 1. The van der Waals surface area contributed by atoms with Gasteiger partial charge in [-0.25, -0.2) is 9.97 Å². The molecule has 0 unspecified atom stereocenters. The van der Waals surface area contributed by atoms with Crippen molar-refractivity contribution >= 4 is 23.6 Å². The molecule has 1 amide bonds. The zero-order valence-electron chi connectivity index (χ0n) is 14.2. The number of carbonyl (C=O) groups is 1. The van der Waals surface area contributed by atoms with Crippen LogP contribution in [0.2, 0.25) is 0 Å². The van der Waals surface area contributed by atoms with Crippen LogP contribution < -0.4 is 4.90 Å². The van der Waals surface area contributed by atoms with Crippen LogP contribution in [0.25, 0.3) is 0 Å². The van der Waals surface area contributed by atoms with Crippen LogP contribution in [0.15, 0.2) is 41.6 Å². The molecule has 1 saturated heterocycles. The Morgan fingerprint density at radius 2 is 1.80 bits per heavy atom. The second kappa shape index (κ2) is 7.44. The maximum absolute atomic E-state index is 12.5. The van der Waals surface area contributed by atoms with E-state index in [1.807, 2.05) is 11.0 Å². The Bertz CT molecular complexity index is 744. The summed E-state index contributed by atoms with van der Waals surface area (Å²) in [7, 11) is 0. The van der Waals surface area contributed by atoms with Crippen LogP contribution in [0, 0.1) is 0 Å². The molecular weight excluding hydrogens is 332 g/mol. The minimum atomic E-state index is 0.221. The summed E-state index contributed by atoms with van der Waals surface area (Å²) in [5, 5.41) is 0. The molecule has 0 saturated carbocycles. The highest BCUT2D eigenvalue weighted by atomic mass is 32.2. The van der Waals surface area contributed by atoms with Crippen molar-refractivity contribution in [3.8, 4) is 0 Å². The molecule has 0 radical (unpaired) electrons. The lowest BCUT2D eigenvalue weighted by atomic mass is 10.1. The van der Waals surface area contributed by atoms with Gasteiger partial charge in [-0.3, -0.25) is 4.79 Å². The summed E-state index contributed by atoms with van der Waals surface area (Å²) in [4.78, 5) is 26.4. The molecule has 0 spiro atoms. The molecule has 4 rings (SSSR count). The molecule has 1 aliphatic carbocycles. The number of nitrogens with zero attached hydrogens (tertiary/aromatic N) is 4. The summed E-state index contributed by atoms with van der Waals surface area (Å²) >= 11 is 1.66. The van der Waals surface area contributed by atoms with Gasteiger partial charge >= 0.3 is 0 Å². The third-order valence-electron chi connectivity index (χ3n) is 4.90. The number of hydrogen-bond acceptors (Lipinski definition) is 5. The largest absolute Gasteiger partial charge is 0.338 e. The van der Waals surface area contributed by atoms with Crippen molar-refractivity contribution < 1.29 is 4.79 Å². The van der Waals surface area contributed by atoms with Gasteiger partial charge in [0, 0.05) is 43.5 Å². The van der Waals surface area contributed by atoms with Gasteiger partial charge in [0.2, 0.25) is 11.9 Å². The van der Waals surface area contributed by atoms with Crippen molar-refractivity contribution in [2.75, 3.05) is 36.8 Å². The van der Waals surface area contributed by atoms with Crippen LogP contribution in [0.1, 0.15) is 17.5 Å². The van der Waals surface area contributed by atoms with Crippen LogP contribution in [-0.4, -0.2) is 52.7 Å². The lowest BCUT2D eigenvalue weighted by molar-refractivity contribution is -0.128. The first kappa shape index (κ1) is 16.4. The second-order valence-electron chi connectivity index (χ2n) is 6.49. The van der Waals surface area contributed by atoms with Gasteiger partial charge in [0.05, 0.1) is 5.75 Å². The first-order chi connectivity index (χ1) is 12.3. The minimum Gasteiger partial charge on any atom is -0.338 e.